The maximum absolute atomic E-state index is 12.7. The van der Waals surface area contributed by atoms with E-state index in [0.717, 1.165) is 55.9 Å². The summed E-state index contributed by atoms with van der Waals surface area (Å²) in [7, 11) is 0. The summed E-state index contributed by atoms with van der Waals surface area (Å²) >= 11 is 0. The molecular formula is C41H46O10. The molecule has 0 radical (unpaired) electrons. The van der Waals surface area contributed by atoms with Gasteiger partial charge < -0.3 is 28.4 Å². The van der Waals surface area contributed by atoms with Gasteiger partial charge in [-0.2, -0.15) is 0 Å². The van der Waals surface area contributed by atoms with Gasteiger partial charge in [-0.1, -0.05) is 43.8 Å². The Morgan fingerprint density at radius 3 is 1.88 bits per heavy atom. The summed E-state index contributed by atoms with van der Waals surface area (Å²) in [5.74, 6) is -0.0682. The molecule has 51 heavy (non-hydrogen) atoms. The Morgan fingerprint density at radius 1 is 0.667 bits per heavy atom. The molecule has 0 bridgehead atoms. The van der Waals surface area contributed by atoms with E-state index in [2.05, 4.69) is 17.9 Å². The quantitative estimate of drug-likeness (QED) is 0.0284. The lowest BCUT2D eigenvalue weighted by atomic mass is 9.98. The molecule has 10 nitrogen and oxygen atoms in total. The van der Waals surface area contributed by atoms with Crippen molar-refractivity contribution in [3.05, 3.63) is 103 Å². The van der Waals surface area contributed by atoms with Crippen LogP contribution in [0.2, 0.25) is 0 Å². The number of unbranched alkanes of at least 4 members (excludes halogenated alkanes) is 2. The van der Waals surface area contributed by atoms with E-state index in [-0.39, 0.29) is 30.7 Å². The first-order valence-electron chi connectivity index (χ1n) is 17.4. The number of carbonyl (C=O) groups excluding carboxylic acids is 4. The van der Waals surface area contributed by atoms with Gasteiger partial charge in [0.1, 0.15) is 23.4 Å². The summed E-state index contributed by atoms with van der Waals surface area (Å²) in [6.07, 6.45) is 9.09. The molecule has 3 aromatic carbocycles. The highest BCUT2D eigenvalue weighted by Crippen LogP contribution is 2.26. The molecule has 270 valence electrons. The van der Waals surface area contributed by atoms with Crippen molar-refractivity contribution in [3.63, 3.8) is 0 Å². The van der Waals surface area contributed by atoms with Crippen LogP contribution < -0.4 is 14.2 Å². The second kappa shape index (κ2) is 21.0. The molecule has 0 saturated heterocycles. The van der Waals surface area contributed by atoms with Gasteiger partial charge in [0, 0.05) is 18.4 Å². The van der Waals surface area contributed by atoms with Gasteiger partial charge in [0.15, 0.2) is 0 Å². The van der Waals surface area contributed by atoms with Gasteiger partial charge in [0.05, 0.1) is 38.1 Å². The van der Waals surface area contributed by atoms with E-state index in [0.29, 0.717) is 55.3 Å². The molecule has 1 aliphatic carbocycles. The summed E-state index contributed by atoms with van der Waals surface area (Å²) in [5.41, 5.74) is 2.38. The Kier molecular flexibility index (Phi) is 15.8. The fourth-order valence-electron chi connectivity index (χ4n) is 5.38. The number of hydrogen-bond acceptors (Lipinski definition) is 10. The van der Waals surface area contributed by atoms with Gasteiger partial charge in [0.2, 0.25) is 0 Å². The maximum Gasteiger partial charge on any atom is 0.343 e. The average Bonchev–Trinajstić information content (AvgIpc) is 3.14. The lowest BCUT2D eigenvalue weighted by Gasteiger charge is -2.21. The predicted octanol–water partition coefficient (Wildman–Crippen LogP) is 8.33. The summed E-state index contributed by atoms with van der Waals surface area (Å²) in [6.45, 7) is 8.03. The first-order chi connectivity index (χ1) is 24.8. The highest BCUT2D eigenvalue weighted by atomic mass is 16.6. The fraction of sp³-hybridized carbons (Fsp3) is 0.366. The van der Waals surface area contributed by atoms with Gasteiger partial charge in [-0.15, -0.1) is 0 Å². The maximum atomic E-state index is 12.7. The van der Waals surface area contributed by atoms with Crippen molar-refractivity contribution in [1.29, 1.82) is 0 Å². The monoisotopic (exact) mass is 698 g/mol. The number of rotatable bonds is 20. The minimum absolute atomic E-state index is 0.0608. The Labute approximate surface area is 299 Å². The van der Waals surface area contributed by atoms with Gasteiger partial charge in [0.25, 0.3) is 0 Å². The normalized spacial score (nSPS) is 12.6. The van der Waals surface area contributed by atoms with E-state index >= 15 is 0 Å². The molecular weight excluding hydrogens is 652 g/mol. The van der Waals surface area contributed by atoms with Crippen LogP contribution in [0.25, 0.3) is 11.1 Å². The van der Waals surface area contributed by atoms with Crippen LogP contribution in [0, 0.1) is 0 Å². The van der Waals surface area contributed by atoms with Gasteiger partial charge in [-0.25, -0.2) is 9.59 Å². The minimum atomic E-state index is -0.605. The largest absolute Gasteiger partial charge is 0.494 e. The van der Waals surface area contributed by atoms with Crippen molar-refractivity contribution >= 4 is 23.9 Å². The van der Waals surface area contributed by atoms with Crippen LogP contribution in [0.15, 0.2) is 97.8 Å². The molecule has 4 rings (SSSR count). The van der Waals surface area contributed by atoms with Crippen LogP contribution >= 0.6 is 0 Å². The van der Waals surface area contributed by atoms with Crippen molar-refractivity contribution in [2.75, 3.05) is 19.8 Å². The zero-order chi connectivity index (χ0) is 36.3. The molecule has 1 fully saturated rings. The lowest BCUT2D eigenvalue weighted by molar-refractivity contribution is -0.151. The smallest absolute Gasteiger partial charge is 0.343 e. The molecule has 0 N–H and O–H groups in total. The standard InChI is InChI=1S/C41H46O10/c1-3-46-38(42)13-8-5-9-26-47-35-22-18-33(19-23-35)41(45)51-37-24-16-32(17-25-37)31-14-20-34(21-15-31)48-27-10-28-49-40(44)30(2)29-39(43)50-36-11-6-4-7-12-36/h3,14-25,36H,1-2,4-13,26-29H2. The van der Waals surface area contributed by atoms with E-state index in [9.17, 15) is 19.2 Å². The van der Waals surface area contributed by atoms with Crippen LogP contribution in [0.3, 0.4) is 0 Å². The molecule has 0 unspecified atom stereocenters. The number of ether oxygens (including phenoxy) is 6. The Morgan fingerprint density at radius 2 is 1.25 bits per heavy atom. The molecule has 0 aliphatic heterocycles. The highest BCUT2D eigenvalue weighted by molar-refractivity contribution is 5.93. The van der Waals surface area contributed by atoms with E-state index in [4.69, 9.17) is 23.7 Å². The summed E-state index contributed by atoms with van der Waals surface area (Å²) in [4.78, 5) is 48.3. The van der Waals surface area contributed by atoms with Crippen molar-refractivity contribution in [3.8, 4) is 28.4 Å². The zero-order valence-corrected chi connectivity index (χ0v) is 29.0. The van der Waals surface area contributed by atoms with Crippen LogP contribution in [0.1, 0.15) is 81.0 Å². The zero-order valence-electron chi connectivity index (χ0n) is 29.0. The Balaban J connectivity index is 1.10. The van der Waals surface area contributed by atoms with Gasteiger partial charge >= 0.3 is 23.9 Å². The highest BCUT2D eigenvalue weighted by Gasteiger charge is 2.20. The number of esters is 4. The second-order valence-corrected chi connectivity index (χ2v) is 12.1. The van der Waals surface area contributed by atoms with Crippen molar-refractivity contribution in [1.82, 2.24) is 0 Å². The summed E-state index contributed by atoms with van der Waals surface area (Å²) in [6, 6.07) is 21.5. The molecule has 0 atom stereocenters. The first-order valence-corrected chi connectivity index (χ1v) is 17.4. The van der Waals surface area contributed by atoms with E-state index in [1.165, 1.54) is 6.42 Å². The Hall–Kier alpha value is -5.38. The van der Waals surface area contributed by atoms with Crippen molar-refractivity contribution < 1.29 is 47.6 Å². The number of benzene rings is 3. The predicted molar refractivity (Wildman–Crippen MR) is 191 cm³/mol. The fourth-order valence-corrected chi connectivity index (χ4v) is 5.38. The molecule has 10 heteroatoms. The molecule has 3 aromatic rings. The summed E-state index contributed by atoms with van der Waals surface area (Å²) in [5, 5.41) is 0. The third-order valence-electron chi connectivity index (χ3n) is 8.14. The third-order valence-corrected chi connectivity index (χ3v) is 8.14. The topological polar surface area (TPSA) is 124 Å². The van der Waals surface area contributed by atoms with Crippen molar-refractivity contribution in [2.45, 2.75) is 76.7 Å². The lowest BCUT2D eigenvalue weighted by Crippen LogP contribution is -2.22. The van der Waals surface area contributed by atoms with Crippen LogP contribution in [0.5, 0.6) is 17.2 Å². The molecule has 0 aromatic heterocycles. The first kappa shape index (κ1) is 38.4. The minimum Gasteiger partial charge on any atom is -0.494 e. The third kappa shape index (κ3) is 13.8. The Bertz CT molecular complexity index is 1590. The van der Waals surface area contributed by atoms with E-state index in [1.54, 1.807) is 36.4 Å². The molecule has 0 spiro atoms. The average molecular weight is 699 g/mol. The van der Waals surface area contributed by atoms with Gasteiger partial charge in [-0.05, 0) is 105 Å². The van der Waals surface area contributed by atoms with Gasteiger partial charge in [-0.3, -0.25) is 9.59 Å². The van der Waals surface area contributed by atoms with Crippen molar-refractivity contribution in [2.24, 2.45) is 0 Å². The SMILES string of the molecule is C=COC(=O)CCCCCOc1ccc(C(=O)Oc2ccc(-c3ccc(OCCCOC(=O)C(=C)CC(=O)OC4CCCCC4)cc3)cc2)cc1. The van der Waals surface area contributed by atoms with E-state index < -0.39 is 17.9 Å². The second-order valence-electron chi connectivity index (χ2n) is 12.1. The molecule has 0 amide bonds. The van der Waals surface area contributed by atoms with Crippen LogP contribution in [0.4, 0.5) is 0 Å². The number of hydrogen-bond donors (Lipinski definition) is 0. The molecule has 0 heterocycles. The summed E-state index contributed by atoms with van der Waals surface area (Å²) < 4.78 is 32.4. The van der Waals surface area contributed by atoms with E-state index in [1.807, 2.05) is 36.4 Å². The molecule has 1 aliphatic rings. The number of carbonyl (C=O) groups is 4. The molecule has 1 saturated carbocycles. The van der Waals surface area contributed by atoms with Crippen LogP contribution in [-0.2, 0) is 28.6 Å². The van der Waals surface area contributed by atoms with Crippen LogP contribution in [-0.4, -0.2) is 49.8 Å².